The lowest BCUT2D eigenvalue weighted by molar-refractivity contribution is -0.132. The number of carbonyl (C=O) groups excluding carboxylic acids is 2. The zero-order chi connectivity index (χ0) is 21.0. The van der Waals surface area contributed by atoms with E-state index in [4.69, 9.17) is 11.6 Å². The topological polar surface area (TPSA) is 58.2 Å². The zero-order valence-electron chi connectivity index (χ0n) is 16.6. The van der Waals surface area contributed by atoms with Crippen LogP contribution in [0.15, 0.2) is 59.1 Å². The molecule has 1 aliphatic carbocycles. The summed E-state index contributed by atoms with van der Waals surface area (Å²) >= 11 is 8.95. The Bertz CT molecular complexity index is 870. The number of piperidine rings is 1. The van der Waals surface area contributed by atoms with Crippen molar-refractivity contribution in [3.05, 3.63) is 64.1 Å². The molecule has 2 N–H and O–H groups in total. The first-order valence-corrected chi connectivity index (χ1v) is 11.0. The van der Waals surface area contributed by atoms with Gasteiger partial charge in [0.2, 0.25) is 11.8 Å². The number of halogens is 2. The van der Waals surface area contributed by atoms with Crippen molar-refractivity contribution in [3.63, 3.8) is 0 Å². The van der Waals surface area contributed by atoms with Crippen LogP contribution in [0.2, 0.25) is 5.02 Å². The highest BCUT2D eigenvalue weighted by atomic mass is 79.9. The summed E-state index contributed by atoms with van der Waals surface area (Å²) in [5, 5.41) is 6.87. The van der Waals surface area contributed by atoms with E-state index in [1.54, 1.807) is 0 Å². The molecule has 2 aliphatic rings. The van der Waals surface area contributed by atoms with E-state index < -0.39 is 0 Å². The SMILES string of the molecule is CC1CC(=O)N[C@H](C2(C)CC2)C1C(=O)Nc1cccc(Br)c1.Clc1ccccc1. The maximum Gasteiger partial charge on any atom is 0.229 e. The molecule has 1 saturated carbocycles. The number of benzene rings is 2. The summed E-state index contributed by atoms with van der Waals surface area (Å²) in [7, 11) is 0. The second kappa shape index (κ2) is 9.31. The van der Waals surface area contributed by atoms with Crippen LogP contribution in [0, 0.1) is 17.3 Å². The molecule has 2 unspecified atom stereocenters. The molecule has 2 aromatic rings. The van der Waals surface area contributed by atoms with Gasteiger partial charge in [0.1, 0.15) is 0 Å². The van der Waals surface area contributed by atoms with Crippen molar-refractivity contribution in [2.75, 3.05) is 5.32 Å². The molecule has 6 heteroatoms. The van der Waals surface area contributed by atoms with Gasteiger partial charge in [0, 0.05) is 27.6 Å². The largest absolute Gasteiger partial charge is 0.352 e. The van der Waals surface area contributed by atoms with E-state index in [-0.39, 0.29) is 35.1 Å². The van der Waals surface area contributed by atoms with Crippen molar-refractivity contribution in [2.45, 2.75) is 39.2 Å². The van der Waals surface area contributed by atoms with Crippen LogP contribution < -0.4 is 10.6 Å². The van der Waals surface area contributed by atoms with Crippen molar-refractivity contribution in [1.29, 1.82) is 0 Å². The van der Waals surface area contributed by atoms with E-state index >= 15 is 0 Å². The Morgan fingerprint density at radius 3 is 2.41 bits per heavy atom. The highest BCUT2D eigenvalue weighted by Crippen LogP contribution is 2.52. The number of anilines is 1. The van der Waals surface area contributed by atoms with Crippen molar-refractivity contribution in [1.82, 2.24) is 5.32 Å². The number of carbonyl (C=O) groups is 2. The maximum absolute atomic E-state index is 12.8. The van der Waals surface area contributed by atoms with Gasteiger partial charge in [-0.3, -0.25) is 9.59 Å². The molecular formula is C23H26BrClN2O2. The van der Waals surface area contributed by atoms with Gasteiger partial charge < -0.3 is 10.6 Å². The molecule has 154 valence electrons. The van der Waals surface area contributed by atoms with Crippen LogP contribution >= 0.6 is 27.5 Å². The molecule has 2 aromatic carbocycles. The average molecular weight is 478 g/mol. The first-order valence-electron chi connectivity index (χ1n) is 9.85. The summed E-state index contributed by atoms with van der Waals surface area (Å²) < 4.78 is 0.931. The summed E-state index contributed by atoms with van der Waals surface area (Å²) in [5.74, 6) is -0.0478. The third-order valence-corrected chi connectivity index (χ3v) is 6.46. The molecule has 0 bridgehead atoms. The fraction of sp³-hybridized carbons (Fsp3) is 0.391. The second-order valence-electron chi connectivity index (χ2n) is 8.20. The van der Waals surface area contributed by atoms with Gasteiger partial charge in [-0.15, -0.1) is 0 Å². The van der Waals surface area contributed by atoms with Crippen molar-refractivity contribution < 1.29 is 9.59 Å². The third-order valence-electron chi connectivity index (χ3n) is 5.71. The molecule has 4 rings (SSSR count). The molecule has 1 heterocycles. The lowest BCUT2D eigenvalue weighted by atomic mass is 9.74. The van der Waals surface area contributed by atoms with Gasteiger partial charge in [-0.05, 0) is 54.5 Å². The lowest BCUT2D eigenvalue weighted by Gasteiger charge is -2.39. The Hall–Kier alpha value is -1.85. The maximum atomic E-state index is 12.8. The predicted octanol–water partition coefficient (Wildman–Crippen LogP) is 5.67. The monoisotopic (exact) mass is 476 g/mol. The van der Waals surface area contributed by atoms with Crippen LogP contribution in [0.25, 0.3) is 0 Å². The number of hydrogen-bond donors (Lipinski definition) is 2. The number of rotatable bonds is 3. The highest BCUT2D eigenvalue weighted by Gasteiger charge is 2.53. The van der Waals surface area contributed by atoms with E-state index in [1.165, 1.54) is 0 Å². The van der Waals surface area contributed by atoms with E-state index in [2.05, 4.69) is 33.5 Å². The van der Waals surface area contributed by atoms with Crippen molar-refractivity contribution in [2.24, 2.45) is 17.3 Å². The summed E-state index contributed by atoms with van der Waals surface area (Å²) in [5.41, 5.74) is 0.854. The number of hydrogen-bond acceptors (Lipinski definition) is 2. The van der Waals surface area contributed by atoms with E-state index in [9.17, 15) is 9.59 Å². The molecule has 1 saturated heterocycles. The molecule has 2 amide bonds. The summed E-state index contributed by atoms with van der Waals surface area (Å²) in [6.07, 6.45) is 2.57. The van der Waals surface area contributed by atoms with Gasteiger partial charge in [0.25, 0.3) is 0 Å². The normalized spacial score (nSPS) is 24.6. The van der Waals surface area contributed by atoms with Gasteiger partial charge in [-0.25, -0.2) is 0 Å². The van der Waals surface area contributed by atoms with E-state index in [0.29, 0.717) is 6.42 Å². The van der Waals surface area contributed by atoms with Gasteiger partial charge >= 0.3 is 0 Å². The van der Waals surface area contributed by atoms with Gasteiger partial charge in [-0.1, -0.05) is 65.6 Å². The molecule has 4 nitrogen and oxygen atoms in total. The summed E-state index contributed by atoms with van der Waals surface area (Å²) in [6.45, 7) is 4.16. The van der Waals surface area contributed by atoms with Crippen molar-refractivity contribution >= 4 is 45.0 Å². The van der Waals surface area contributed by atoms with Gasteiger partial charge in [0.15, 0.2) is 0 Å². The quantitative estimate of drug-likeness (QED) is 0.598. The summed E-state index contributed by atoms with van der Waals surface area (Å²) in [6, 6.07) is 17.0. The second-order valence-corrected chi connectivity index (χ2v) is 9.55. The number of nitrogens with one attached hydrogen (secondary N) is 2. The Morgan fingerprint density at radius 2 is 1.86 bits per heavy atom. The van der Waals surface area contributed by atoms with Crippen LogP contribution in [0.4, 0.5) is 5.69 Å². The summed E-state index contributed by atoms with van der Waals surface area (Å²) in [4.78, 5) is 24.7. The van der Waals surface area contributed by atoms with Crippen LogP contribution in [-0.2, 0) is 9.59 Å². The molecule has 2 fully saturated rings. The molecule has 1 aliphatic heterocycles. The molecule has 0 aromatic heterocycles. The van der Waals surface area contributed by atoms with E-state index in [0.717, 1.165) is 28.0 Å². The standard InChI is InChI=1S/C17H21BrN2O2.C6H5Cl/c1-10-8-13(21)20-15(17(2)6-7-17)14(10)16(22)19-12-5-3-4-11(18)9-12;7-6-4-2-1-3-5-6/h3-5,9-10,14-15H,6-8H2,1-2H3,(H,19,22)(H,20,21);1-5H/t10?,14?,15-;/m0./s1. The first kappa shape index (κ1) is 21.8. The lowest BCUT2D eigenvalue weighted by Crippen LogP contribution is -2.56. The van der Waals surface area contributed by atoms with Crippen LogP contribution in [0.1, 0.15) is 33.1 Å². The minimum atomic E-state index is -0.177. The minimum Gasteiger partial charge on any atom is -0.352 e. The van der Waals surface area contributed by atoms with Crippen LogP contribution in [0.3, 0.4) is 0 Å². The smallest absolute Gasteiger partial charge is 0.229 e. The molecule has 0 radical (unpaired) electrons. The van der Waals surface area contributed by atoms with Gasteiger partial charge in [0.05, 0.1) is 5.92 Å². The zero-order valence-corrected chi connectivity index (χ0v) is 19.0. The third kappa shape index (κ3) is 5.83. The molecule has 29 heavy (non-hydrogen) atoms. The minimum absolute atomic E-state index is 0.00345. The fourth-order valence-corrected chi connectivity index (χ4v) is 4.35. The Kier molecular flexibility index (Phi) is 7.01. The Morgan fingerprint density at radius 1 is 1.17 bits per heavy atom. The molecular weight excluding hydrogens is 452 g/mol. The van der Waals surface area contributed by atoms with E-state index in [1.807, 2.05) is 61.5 Å². The fourth-order valence-electron chi connectivity index (χ4n) is 3.80. The van der Waals surface area contributed by atoms with Gasteiger partial charge in [-0.2, -0.15) is 0 Å². The first-order chi connectivity index (χ1) is 13.8. The number of amides is 2. The van der Waals surface area contributed by atoms with Crippen LogP contribution in [-0.4, -0.2) is 17.9 Å². The Labute approximate surface area is 185 Å². The predicted molar refractivity (Wildman–Crippen MR) is 121 cm³/mol. The highest BCUT2D eigenvalue weighted by molar-refractivity contribution is 9.10. The Balaban J connectivity index is 0.000000290. The molecule has 3 atom stereocenters. The average Bonchev–Trinajstić information content (AvgIpc) is 3.41. The molecule has 0 spiro atoms. The van der Waals surface area contributed by atoms with Crippen LogP contribution in [0.5, 0.6) is 0 Å². The van der Waals surface area contributed by atoms with Crippen molar-refractivity contribution in [3.8, 4) is 0 Å².